The Morgan fingerprint density at radius 1 is 0.903 bits per heavy atom. The summed E-state index contributed by atoms with van der Waals surface area (Å²) >= 11 is 0. The van der Waals surface area contributed by atoms with Crippen molar-refractivity contribution in [3.05, 3.63) is 78.3 Å². The minimum Gasteiger partial charge on any atom is -0.456 e. The number of nitrogens with zero attached hydrogens (tertiary/aromatic N) is 2. The van der Waals surface area contributed by atoms with Gasteiger partial charge in [-0.25, -0.2) is 0 Å². The fourth-order valence-corrected chi connectivity index (χ4v) is 3.81. The van der Waals surface area contributed by atoms with Crippen molar-refractivity contribution in [3.63, 3.8) is 0 Å². The highest BCUT2D eigenvalue weighted by Crippen LogP contribution is 2.27. The number of furan rings is 1. The summed E-state index contributed by atoms with van der Waals surface area (Å²) in [5.41, 5.74) is 2.91. The Kier molecular flexibility index (Phi) is 6.48. The van der Waals surface area contributed by atoms with E-state index in [-0.39, 0.29) is 11.8 Å². The molecule has 0 spiro atoms. The molecule has 0 unspecified atom stereocenters. The molecule has 2 heterocycles. The van der Waals surface area contributed by atoms with Gasteiger partial charge in [0.2, 0.25) is 5.91 Å². The van der Waals surface area contributed by atoms with Crippen LogP contribution in [0.2, 0.25) is 0 Å². The lowest BCUT2D eigenvalue weighted by Crippen LogP contribution is -2.49. The van der Waals surface area contributed by atoms with E-state index in [1.165, 1.54) is 0 Å². The summed E-state index contributed by atoms with van der Waals surface area (Å²) < 4.78 is 5.44. The van der Waals surface area contributed by atoms with Crippen molar-refractivity contribution in [2.45, 2.75) is 13.3 Å². The topological polar surface area (TPSA) is 65.8 Å². The lowest BCUT2D eigenvalue weighted by molar-refractivity contribution is -0.116. The third kappa shape index (κ3) is 5.22. The third-order valence-corrected chi connectivity index (χ3v) is 5.55. The van der Waals surface area contributed by atoms with Crippen LogP contribution < -0.4 is 5.32 Å². The van der Waals surface area contributed by atoms with E-state index in [9.17, 15) is 9.59 Å². The molecule has 4 rings (SSSR count). The second-order valence-electron chi connectivity index (χ2n) is 7.75. The van der Waals surface area contributed by atoms with E-state index < -0.39 is 0 Å². The molecule has 6 nitrogen and oxygen atoms in total. The number of piperazine rings is 1. The van der Waals surface area contributed by atoms with Gasteiger partial charge in [0, 0.05) is 50.4 Å². The number of hydrogen-bond acceptors (Lipinski definition) is 4. The number of para-hydroxylation sites is 1. The lowest BCUT2D eigenvalue weighted by atomic mass is 10.0. The maximum atomic E-state index is 12.6. The van der Waals surface area contributed by atoms with Gasteiger partial charge in [-0.2, -0.15) is 0 Å². The van der Waals surface area contributed by atoms with Crippen molar-refractivity contribution in [2.75, 3.05) is 38.0 Å². The highest BCUT2D eigenvalue weighted by molar-refractivity contribution is 5.95. The van der Waals surface area contributed by atoms with Crippen molar-refractivity contribution in [2.24, 2.45) is 0 Å². The number of anilines is 1. The molecule has 1 aliphatic heterocycles. The average molecular weight is 418 g/mol. The van der Waals surface area contributed by atoms with Crippen molar-refractivity contribution < 1.29 is 14.0 Å². The number of benzene rings is 2. The molecule has 1 saturated heterocycles. The predicted octanol–water partition coefficient (Wildman–Crippen LogP) is 4.04. The molecule has 1 fully saturated rings. The maximum Gasteiger partial charge on any atom is 0.289 e. The number of nitrogens with one attached hydrogen (secondary N) is 1. The molecular formula is C25H27N3O3. The molecule has 0 aliphatic carbocycles. The molecule has 2 amide bonds. The molecular weight excluding hydrogens is 390 g/mol. The Morgan fingerprint density at radius 3 is 2.32 bits per heavy atom. The first-order valence-electron chi connectivity index (χ1n) is 10.6. The molecule has 1 aromatic heterocycles. The Balaban J connectivity index is 1.27. The van der Waals surface area contributed by atoms with Crippen molar-refractivity contribution in [1.82, 2.24) is 9.80 Å². The molecule has 1 aliphatic rings. The number of hydrogen-bond donors (Lipinski definition) is 1. The largest absolute Gasteiger partial charge is 0.456 e. The number of amides is 2. The molecule has 31 heavy (non-hydrogen) atoms. The number of carbonyl (C=O) groups is 2. The van der Waals surface area contributed by atoms with Gasteiger partial charge in [-0.1, -0.05) is 48.5 Å². The third-order valence-electron chi connectivity index (χ3n) is 5.55. The summed E-state index contributed by atoms with van der Waals surface area (Å²) in [6, 6.07) is 21.4. The van der Waals surface area contributed by atoms with E-state index >= 15 is 0 Å². The normalized spacial score (nSPS) is 14.4. The van der Waals surface area contributed by atoms with E-state index in [0.717, 1.165) is 35.7 Å². The molecule has 0 bridgehead atoms. The first-order valence-corrected chi connectivity index (χ1v) is 10.6. The van der Waals surface area contributed by atoms with Gasteiger partial charge < -0.3 is 14.6 Å². The van der Waals surface area contributed by atoms with E-state index in [2.05, 4.69) is 10.2 Å². The van der Waals surface area contributed by atoms with Gasteiger partial charge >= 0.3 is 0 Å². The number of rotatable bonds is 6. The standard InChI is InChI=1S/C25H27N3O3/c1-19-11-12-23(31-19)25(30)28-17-15-27(16-18-28)14-13-24(29)26-22-10-6-5-9-21(22)20-7-3-2-4-8-20/h2-12H,13-18H2,1H3,(H,26,29). The monoisotopic (exact) mass is 417 g/mol. The van der Waals surface area contributed by atoms with Gasteiger partial charge in [0.25, 0.3) is 5.91 Å². The van der Waals surface area contributed by atoms with Crippen LogP contribution >= 0.6 is 0 Å². The molecule has 3 aromatic rings. The number of carbonyl (C=O) groups excluding carboxylic acids is 2. The van der Waals surface area contributed by atoms with Gasteiger partial charge in [-0.3, -0.25) is 14.5 Å². The molecule has 160 valence electrons. The minimum absolute atomic E-state index is 0.00653. The van der Waals surface area contributed by atoms with Crippen molar-refractivity contribution >= 4 is 17.5 Å². The SMILES string of the molecule is Cc1ccc(C(=O)N2CCN(CCC(=O)Nc3ccccc3-c3ccccc3)CC2)o1. The van der Waals surface area contributed by atoms with Gasteiger partial charge in [-0.05, 0) is 30.7 Å². The molecule has 6 heteroatoms. The van der Waals surface area contributed by atoms with E-state index in [0.29, 0.717) is 31.8 Å². The van der Waals surface area contributed by atoms with Crippen LogP contribution in [0.25, 0.3) is 11.1 Å². The van der Waals surface area contributed by atoms with Crippen LogP contribution in [0, 0.1) is 6.92 Å². The van der Waals surface area contributed by atoms with Crippen LogP contribution in [0.4, 0.5) is 5.69 Å². The van der Waals surface area contributed by atoms with Crippen LogP contribution in [0.15, 0.2) is 71.1 Å². The minimum atomic E-state index is -0.0667. The average Bonchev–Trinajstić information content (AvgIpc) is 3.25. The number of aryl methyl sites for hydroxylation is 1. The maximum absolute atomic E-state index is 12.6. The predicted molar refractivity (Wildman–Crippen MR) is 121 cm³/mol. The van der Waals surface area contributed by atoms with Gasteiger partial charge in [0.1, 0.15) is 5.76 Å². The molecule has 0 atom stereocenters. The highest BCUT2D eigenvalue weighted by atomic mass is 16.3. The van der Waals surface area contributed by atoms with Crippen molar-refractivity contribution in [3.8, 4) is 11.1 Å². The quantitative estimate of drug-likeness (QED) is 0.657. The summed E-state index contributed by atoms with van der Waals surface area (Å²) in [6.07, 6.45) is 0.411. The fraction of sp³-hybridized carbons (Fsp3) is 0.280. The summed E-state index contributed by atoms with van der Waals surface area (Å²) in [5.74, 6) is 1.06. The van der Waals surface area contributed by atoms with E-state index in [1.807, 2.05) is 66.4 Å². The summed E-state index contributed by atoms with van der Waals surface area (Å²) in [5, 5.41) is 3.06. The van der Waals surface area contributed by atoms with Gasteiger partial charge in [0.15, 0.2) is 5.76 Å². The Labute approximate surface area is 182 Å². The second kappa shape index (κ2) is 9.62. The highest BCUT2D eigenvalue weighted by Gasteiger charge is 2.24. The molecule has 0 radical (unpaired) electrons. The lowest BCUT2D eigenvalue weighted by Gasteiger charge is -2.34. The van der Waals surface area contributed by atoms with Crippen LogP contribution in [0.5, 0.6) is 0 Å². The first-order chi connectivity index (χ1) is 15.1. The smallest absolute Gasteiger partial charge is 0.289 e. The summed E-state index contributed by atoms with van der Waals surface area (Å²) in [7, 11) is 0. The van der Waals surface area contributed by atoms with E-state index in [1.54, 1.807) is 12.1 Å². The summed E-state index contributed by atoms with van der Waals surface area (Å²) in [6.45, 7) is 5.27. The van der Waals surface area contributed by atoms with Crippen LogP contribution in [-0.4, -0.2) is 54.3 Å². The molecule has 0 saturated carbocycles. The van der Waals surface area contributed by atoms with Gasteiger partial charge in [-0.15, -0.1) is 0 Å². The molecule has 2 aromatic carbocycles. The molecule has 1 N–H and O–H groups in total. The van der Waals surface area contributed by atoms with Crippen LogP contribution in [-0.2, 0) is 4.79 Å². The fourth-order valence-electron chi connectivity index (χ4n) is 3.81. The van der Waals surface area contributed by atoms with E-state index in [4.69, 9.17) is 4.42 Å². The zero-order valence-electron chi connectivity index (χ0n) is 17.7. The zero-order chi connectivity index (χ0) is 21.6. The van der Waals surface area contributed by atoms with Gasteiger partial charge in [0.05, 0.1) is 0 Å². The summed E-state index contributed by atoms with van der Waals surface area (Å²) in [4.78, 5) is 29.1. The van der Waals surface area contributed by atoms with Crippen LogP contribution in [0.1, 0.15) is 22.7 Å². The zero-order valence-corrected chi connectivity index (χ0v) is 17.7. The second-order valence-corrected chi connectivity index (χ2v) is 7.75. The van der Waals surface area contributed by atoms with Crippen LogP contribution in [0.3, 0.4) is 0 Å². The Bertz CT molecular complexity index is 1040. The Hall–Kier alpha value is -3.38. The van der Waals surface area contributed by atoms with Crippen molar-refractivity contribution in [1.29, 1.82) is 0 Å². The first kappa shape index (κ1) is 20.9. The Morgan fingerprint density at radius 2 is 1.61 bits per heavy atom.